The minimum absolute atomic E-state index is 0.0620. The minimum Gasteiger partial charge on any atom is -0.341 e. The monoisotopic (exact) mass is 296 g/mol. The van der Waals surface area contributed by atoms with Crippen LogP contribution in [0.15, 0.2) is 12.4 Å². The lowest BCUT2D eigenvalue weighted by Crippen LogP contribution is -2.48. The summed E-state index contributed by atoms with van der Waals surface area (Å²) in [7, 11) is 0. The lowest BCUT2D eigenvalue weighted by atomic mass is 10.1. The highest BCUT2D eigenvalue weighted by molar-refractivity contribution is 6.29. The SMILES string of the molecule is CC(NC(=O)c1cncc(Cl)n1)C(=O)N1CCCCC1. The molecule has 1 atom stereocenters. The molecule has 108 valence electrons. The van der Waals surface area contributed by atoms with Crippen LogP contribution in [0, 0.1) is 0 Å². The van der Waals surface area contributed by atoms with Gasteiger partial charge in [-0.2, -0.15) is 0 Å². The van der Waals surface area contributed by atoms with Crippen molar-refractivity contribution >= 4 is 23.4 Å². The summed E-state index contributed by atoms with van der Waals surface area (Å²) in [5.74, 6) is -0.508. The Kier molecular flexibility index (Phi) is 4.89. The smallest absolute Gasteiger partial charge is 0.272 e. The molecular formula is C13H17ClN4O2. The predicted molar refractivity (Wildman–Crippen MR) is 74.4 cm³/mol. The van der Waals surface area contributed by atoms with Crippen LogP contribution in [0.2, 0.25) is 5.15 Å². The van der Waals surface area contributed by atoms with Gasteiger partial charge in [0.1, 0.15) is 16.9 Å². The molecule has 2 amide bonds. The van der Waals surface area contributed by atoms with Crippen molar-refractivity contribution in [1.29, 1.82) is 0 Å². The van der Waals surface area contributed by atoms with Crippen molar-refractivity contribution in [2.75, 3.05) is 13.1 Å². The molecule has 1 unspecified atom stereocenters. The zero-order valence-corrected chi connectivity index (χ0v) is 12.1. The maximum Gasteiger partial charge on any atom is 0.272 e. The van der Waals surface area contributed by atoms with Gasteiger partial charge >= 0.3 is 0 Å². The number of carbonyl (C=O) groups excluding carboxylic acids is 2. The Morgan fingerprint density at radius 1 is 1.30 bits per heavy atom. The molecule has 6 nitrogen and oxygen atoms in total. The van der Waals surface area contributed by atoms with Crippen molar-refractivity contribution in [3.05, 3.63) is 23.2 Å². The van der Waals surface area contributed by atoms with Gasteiger partial charge in [0, 0.05) is 13.1 Å². The van der Waals surface area contributed by atoms with Crippen LogP contribution in [0.4, 0.5) is 0 Å². The Labute approximate surface area is 122 Å². The van der Waals surface area contributed by atoms with E-state index in [4.69, 9.17) is 11.6 Å². The molecule has 1 aliphatic rings. The van der Waals surface area contributed by atoms with Crippen LogP contribution in [0.5, 0.6) is 0 Å². The number of hydrogen-bond acceptors (Lipinski definition) is 4. The summed E-state index contributed by atoms with van der Waals surface area (Å²) < 4.78 is 0. The summed E-state index contributed by atoms with van der Waals surface area (Å²) in [4.78, 5) is 33.6. The number of nitrogens with zero attached hydrogens (tertiary/aromatic N) is 3. The van der Waals surface area contributed by atoms with Crippen molar-refractivity contribution in [2.45, 2.75) is 32.2 Å². The molecule has 1 aromatic rings. The molecule has 2 rings (SSSR count). The second kappa shape index (κ2) is 6.65. The van der Waals surface area contributed by atoms with E-state index in [0.29, 0.717) is 0 Å². The lowest BCUT2D eigenvalue weighted by Gasteiger charge is -2.29. The third-order valence-corrected chi connectivity index (χ3v) is 3.41. The number of rotatable bonds is 3. The molecule has 20 heavy (non-hydrogen) atoms. The van der Waals surface area contributed by atoms with Gasteiger partial charge in [0.15, 0.2) is 0 Å². The van der Waals surface area contributed by atoms with Crippen LogP contribution in [-0.2, 0) is 4.79 Å². The summed E-state index contributed by atoms with van der Waals surface area (Å²) in [6.07, 6.45) is 5.86. The first-order valence-corrected chi connectivity index (χ1v) is 7.03. The van der Waals surface area contributed by atoms with Crippen molar-refractivity contribution in [3.8, 4) is 0 Å². The van der Waals surface area contributed by atoms with E-state index in [9.17, 15) is 9.59 Å². The summed E-state index contributed by atoms with van der Waals surface area (Å²) >= 11 is 5.68. The zero-order chi connectivity index (χ0) is 14.5. The second-order valence-corrected chi connectivity index (χ2v) is 5.20. The molecule has 7 heteroatoms. The second-order valence-electron chi connectivity index (χ2n) is 4.81. The van der Waals surface area contributed by atoms with Gasteiger partial charge in [-0.1, -0.05) is 11.6 Å². The van der Waals surface area contributed by atoms with Gasteiger partial charge in [-0.25, -0.2) is 4.98 Å². The number of likely N-dealkylation sites (tertiary alicyclic amines) is 1. The molecule has 0 aromatic carbocycles. The molecule has 0 radical (unpaired) electrons. The van der Waals surface area contributed by atoms with E-state index in [0.717, 1.165) is 32.4 Å². The normalized spacial score (nSPS) is 16.6. The molecule has 1 fully saturated rings. The number of amides is 2. The number of piperidine rings is 1. The van der Waals surface area contributed by atoms with E-state index in [1.54, 1.807) is 11.8 Å². The maximum absolute atomic E-state index is 12.2. The number of hydrogen-bond donors (Lipinski definition) is 1. The molecule has 1 aliphatic heterocycles. The fraction of sp³-hybridized carbons (Fsp3) is 0.538. The van der Waals surface area contributed by atoms with Crippen LogP contribution in [-0.4, -0.2) is 45.8 Å². The largest absolute Gasteiger partial charge is 0.341 e. The highest BCUT2D eigenvalue weighted by atomic mass is 35.5. The third-order valence-electron chi connectivity index (χ3n) is 3.22. The quantitative estimate of drug-likeness (QED) is 0.911. The summed E-state index contributed by atoms with van der Waals surface area (Å²) in [6, 6.07) is -0.582. The maximum atomic E-state index is 12.2. The van der Waals surface area contributed by atoms with E-state index in [1.807, 2.05) is 0 Å². The molecular weight excluding hydrogens is 280 g/mol. The minimum atomic E-state index is -0.582. The van der Waals surface area contributed by atoms with Gasteiger partial charge in [-0.05, 0) is 26.2 Å². The summed E-state index contributed by atoms with van der Waals surface area (Å²) in [5, 5.41) is 2.78. The van der Waals surface area contributed by atoms with Crippen molar-refractivity contribution in [2.24, 2.45) is 0 Å². The average Bonchev–Trinajstić information content (AvgIpc) is 2.47. The number of halogens is 1. The van der Waals surface area contributed by atoms with Crippen LogP contribution >= 0.6 is 11.6 Å². The predicted octanol–water partition coefficient (Wildman–Crippen LogP) is 1.26. The third kappa shape index (κ3) is 3.66. The van der Waals surface area contributed by atoms with E-state index in [1.165, 1.54) is 12.4 Å². The highest BCUT2D eigenvalue weighted by Crippen LogP contribution is 2.10. The van der Waals surface area contributed by atoms with Gasteiger partial charge < -0.3 is 10.2 Å². The summed E-state index contributed by atoms with van der Waals surface area (Å²) in [6.45, 7) is 3.19. The Hall–Kier alpha value is -1.69. The van der Waals surface area contributed by atoms with E-state index in [-0.39, 0.29) is 16.8 Å². The standard InChI is InChI=1S/C13H17ClN4O2/c1-9(13(20)18-5-3-2-4-6-18)16-12(19)10-7-15-8-11(14)17-10/h7-9H,2-6H2,1H3,(H,16,19). The highest BCUT2D eigenvalue weighted by Gasteiger charge is 2.24. The lowest BCUT2D eigenvalue weighted by molar-refractivity contribution is -0.133. The Morgan fingerprint density at radius 2 is 2.00 bits per heavy atom. The molecule has 1 saturated heterocycles. The van der Waals surface area contributed by atoms with E-state index < -0.39 is 11.9 Å². The van der Waals surface area contributed by atoms with E-state index in [2.05, 4.69) is 15.3 Å². The van der Waals surface area contributed by atoms with Gasteiger partial charge in [0.25, 0.3) is 5.91 Å². The topological polar surface area (TPSA) is 75.2 Å². The van der Waals surface area contributed by atoms with Gasteiger partial charge in [0.2, 0.25) is 5.91 Å². The molecule has 0 aliphatic carbocycles. The first-order valence-electron chi connectivity index (χ1n) is 6.65. The van der Waals surface area contributed by atoms with Crippen LogP contribution in [0.1, 0.15) is 36.7 Å². The first-order chi connectivity index (χ1) is 9.58. The van der Waals surface area contributed by atoms with Crippen molar-refractivity contribution in [3.63, 3.8) is 0 Å². The van der Waals surface area contributed by atoms with Crippen LogP contribution in [0.3, 0.4) is 0 Å². The average molecular weight is 297 g/mol. The van der Waals surface area contributed by atoms with E-state index >= 15 is 0 Å². The van der Waals surface area contributed by atoms with Gasteiger partial charge in [-0.3, -0.25) is 14.6 Å². The number of carbonyl (C=O) groups is 2. The molecule has 0 bridgehead atoms. The van der Waals surface area contributed by atoms with Gasteiger partial charge in [0.05, 0.1) is 12.4 Å². The Balaban J connectivity index is 1.94. The fourth-order valence-electron chi connectivity index (χ4n) is 2.17. The summed E-state index contributed by atoms with van der Waals surface area (Å²) in [5.41, 5.74) is 0.107. The van der Waals surface area contributed by atoms with Crippen molar-refractivity contribution in [1.82, 2.24) is 20.2 Å². The molecule has 0 spiro atoms. The first kappa shape index (κ1) is 14.7. The molecule has 1 aromatic heterocycles. The number of nitrogens with one attached hydrogen (secondary N) is 1. The van der Waals surface area contributed by atoms with Gasteiger partial charge in [-0.15, -0.1) is 0 Å². The van der Waals surface area contributed by atoms with Crippen molar-refractivity contribution < 1.29 is 9.59 Å². The molecule has 1 N–H and O–H groups in total. The molecule has 2 heterocycles. The number of aromatic nitrogens is 2. The zero-order valence-electron chi connectivity index (χ0n) is 11.3. The fourth-order valence-corrected chi connectivity index (χ4v) is 2.32. The Bertz CT molecular complexity index is 503. The molecule has 0 saturated carbocycles. The van der Waals surface area contributed by atoms with Crippen LogP contribution < -0.4 is 5.32 Å². The Morgan fingerprint density at radius 3 is 2.65 bits per heavy atom. The van der Waals surface area contributed by atoms with Crippen LogP contribution in [0.25, 0.3) is 0 Å².